The SMILES string of the molecule is BrCCCCCc1cc(CCCCCBr)cc(CCCCCBr)c1.c1ccc2c(c1)ccc[n+]2CCCCCc1cc(CCCCC[n+]2cccc3ccccc32)cc(CCCCC[n+]2cccc3ccccc32)c1. The van der Waals surface area contributed by atoms with E-state index in [2.05, 4.69) is 226 Å². The van der Waals surface area contributed by atoms with Crippen molar-refractivity contribution < 1.29 is 13.7 Å². The lowest BCUT2D eigenvalue weighted by Crippen LogP contribution is -2.33. The summed E-state index contributed by atoms with van der Waals surface area (Å²) >= 11 is 10.6. The van der Waals surface area contributed by atoms with Crippen LogP contribution in [-0.2, 0) is 58.2 Å². The van der Waals surface area contributed by atoms with E-state index in [-0.39, 0.29) is 0 Å². The average molecular weight is 1200 g/mol. The first-order valence-electron chi connectivity index (χ1n) is 29.1. The van der Waals surface area contributed by atoms with E-state index in [0.29, 0.717) is 0 Å². The summed E-state index contributed by atoms with van der Waals surface area (Å²) in [5.74, 6) is 0. The quantitative estimate of drug-likeness (QED) is 0.0221. The molecule has 3 aromatic heterocycles. The minimum atomic E-state index is 1.08. The van der Waals surface area contributed by atoms with Crippen molar-refractivity contribution in [2.45, 2.75) is 174 Å². The van der Waals surface area contributed by atoms with Gasteiger partial charge in [-0.1, -0.05) is 140 Å². The van der Waals surface area contributed by atoms with Gasteiger partial charge in [0.25, 0.3) is 0 Å². The first-order valence-corrected chi connectivity index (χ1v) is 32.5. The van der Waals surface area contributed by atoms with E-state index in [1.54, 1.807) is 16.7 Å². The highest BCUT2D eigenvalue weighted by atomic mass is 79.9. The Kier molecular flexibility index (Phi) is 26.9. The first kappa shape index (κ1) is 58.5. The largest absolute Gasteiger partial charge is 0.212 e. The number of unbranched alkanes of at least 4 members (excludes halogenated alkanes) is 12. The molecule has 0 aliphatic rings. The molecule has 0 radical (unpaired) electrons. The van der Waals surface area contributed by atoms with Gasteiger partial charge in [0.2, 0.25) is 16.6 Å². The number of aryl methyl sites for hydroxylation is 9. The molecule has 8 rings (SSSR count). The third kappa shape index (κ3) is 20.6. The molecular weight excluding hydrogens is 1110 g/mol. The second kappa shape index (κ2) is 34.5. The molecule has 0 aliphatic heterocycles. The van der Waals surface area contributed by atoms with Crippen LogP contribution in [0.2, 0.25) is 0 Å². The van der Waals surface area contributed by atoms with Crippen LogP contribution in [0.15, 0.2) is 164 Å². The molecule has 0 spiro atoms. The molecule has 0 unspecified atom stereocenters. The molecule has 396 valence electrons. The molecule has 0 saturated heterocycles. The van der Waals surface area contributed by atoms with Crippen molar-refractivity contribution in [1.29, 1.82) is 0 Å². The fourth-order valence-electron chi connectivity index (χ4n) is 11.0. The number of fused-ring (bicyclic) bond motifs is 3. The average Bonchev–Trinajstić information content (AvgIpc) is 3.44. The molecule has 6 heteroatoms. The Balaban J connectivity index is 0.000000288. The summed E-state index contributed by atoms with van der Waals surface area (Å²) in [5, 5.41) is 7.38. The van der Waals surface area contributed by atoms with Crippen molar-refractivity contribution in [3.05, 3.63) is 198 Å². The van der Waals surface area contributed by atoms with Gasteiger partial charge in [-0.2, -0.15) is 13.7 Å². The maximum absolute atomic E-state index is 3.53. The highest BCUT2D eigenvalue weighted by molar-refractivity contribution is 9.09. The number of para-hydroxylation sites is 3. The molecular formula is C69H87Br3N3+3. The fourth-order valence-corrected chi connectivity index (χ4v) is 12.1. The van der Waals surface area contributed by atoms with Crippen LogP contribution in [0.5, 0.6) is 0 Å². The normalized spacial score (nSPS) is 11.4. The summed E-state index contributed by atoms with van der Waals surface area (Å²) in [4.78, 5) is 0. The maximum atomic E-state index is 3.53. The maximum Gasteiger partial charge on any atom is 0.212 e. The lowest BCUT2D eigenvalue weighted by atomic mass is 9.95. The number of aromatic nitrogens is 3. The van der Waals surface area contributed by atoms with Crippen molar-refractivity contribution in [3.8, 4) is 0 Å². The summed E-state index contributed by atoms with van der Waals surface area (Å²) in [6, 6.07) is 54.4. The number of alkyl halides is 3. The Morgan fingerprint density at radius 2 is 0.467 bits per heavy atom. The predicted octanol–water partition coefficient (Wildman–Crippen LogP) is 18.3. The smallest absolute Gasteiger partial charge is 0.198 e. The van der Waals surface area contributed by atoms with Crippen LogP contribution in [0.1, 0.15) is 149 Å². The van der Waals surface area contributed by atoms with Gasteiger partial charge in [0.15, 0.2) is 18.6 Å². The van der Waals surface area contributed by atoms with Crippen LogP contribution in [0.3, 0.4) is 0 Å². The van der Waals surface area contributed by atoms with E-state index in [9.17, 15) is 0 Å². The molecule has 0 saturated carbocycles. The molecule has 0 fully saturated rings. The second-order valence-electron chi connectivity index (χ2n) is 21.0. The summed E-state index contributed by atoms with van der Waals surface area (Å²) in [6.07, 6.45) is 37.0. The van der Waals surface area contributed by atoms with Gasteiger partial charge >= 0.3 is 0 Å². The van der Waals surface area contributed by atoms with Gasteiger partial charge in [-0.05, 0) is 185 Å². The van der Waals surface area contributed by atoms with Gasteiger partial charge < -0.3 is 0 Å². The molecule has 8 aromatic rings. The highest BCUT2D eigenvalue weighted by Crippen LogP contribution is 2.21. The molecule has 0 bridgehead atoms. The van der Waals surface area contributed by atoms with Crippen LogP contribution in [0.4, 0.5) is 0 Å². The Hall–Kier alpha value is -4.23. The van der Waals surface area contributed by atoms with E-state index in [4.69, 9.17) is 0 Å². The van der Waals surface area contributed by atoms with Gasteiger partial charge in [-0.25, -0.2) is 0 Å². The van der Waals surface area contributed by atoms with Crippen molar-refractivity contribution in [3.63, 3.8) is 0 Å². The standard InChI is InChI=1S/C48H54N3.C21H33Br3/c1(13-31-49-34-16-25-43-22-7-10-28-46(43)49)4-19-40-37-41(20-5-2-14-32-50-35-17-26-44-23-8-11-29-47(44)50)39-42(38-40)21-6-3-15-33-51-36-18-27-45-24-9-12-30-48(45)51;22-13-7-1-4-10-19-16-20(11-5-2-8-14-23)18-21(17-19)12-6-3-9-15-24/h7-12,16-18,22-30,34-39H,1-6,13-15,19-21,31-33H2;16-18H,1-15H2/q+3;. The first-order chi connectivity index (χ1) is 37.1. The number of pyridine rings is 3. The molecule has 0 aliphatic carbocycles. The Bertz CT molecular complexity index is 2530. The monoisotopic (exact) mass is 1190 g/mol. The summed E-state index contributed by atoms with van der Waals surface area (Å²) in [7, 11) is 0. The Labute approximate surface area is 478 Å². The fraction of sp³-hybridized carbons (Fsp3) is 0.435. The summed E-state index contributed by atoms with van der Waals surface area (Å²) in [5.41, 5.74) is 13.3. The van der Waals surface area contributed by atoms with Gasteiger partial charge in [-0.15, -0.1) is 0 Å². The molecule has 5 aromatic carbocycles. The van der Waals surface area contributed by atoms with Crippen LogP contribution in [-0.4, -0.2) is 16.0 Å². The zero-order valence-corrected chi connectivity index (χ0v) is 50.0. The van der Waals surface area contributed by atoms with Crippen molar-refractivity contribution in [2.24, 2.45) is 0 Å². The zero-order valence-electron chi connectivity index (χ0n) is 45.3. The number of halogens is 3. The van der Waals surface area contributed by atoms with Crippen molar-refractivity contribution in [1.82, 2.24) is 0 Å². The molecule has 0 amide bonds. The van der Waals surface area contributed by atoms with Crippen molar-refractivity contribution >= 4 is 80.5 Å². The van der Waals surface area contributed by atoms with Crippen LogP contribution in [0.25, 0.3) is 32.7 Å². The van der Waals surface area contributed by atoms with Crippen LogP contribution in [0, 0.1) is 0 Å². The number of rotatable bonds is 33. The minimum absolute atomic E-state index is 1.08. The third-order valence-corrected chi connectivity index (χ3v) is 16.7. The van der Waals surface area contributed by atoms with E-state index in [1.165, 1.54) is 203 Å². The molecule has 0 atom stereocenters. The summed E-state index contributed by atoms with van der Waals surface area (Å²) in [6.45, 7) is 3.25. The number of nitrogens with zero attached hydrogens (tertiary/aromatic N) is 3. The zero-order chi connectivity index (χ0) is 52.0. The number of benzene rings is 5. The van der Waals surface area contributed by atoms with Gasteiger partial charge in [0.1, 0.15) is 19.6 Å². The lowest BCUT2D eigenvalue weighted by molar-refractivity contribution is -0.672. The van der Waals surface area contributed by atoms with E-state index in [1.807, 2.05) is 0 Å². The Morgan fingerprint density at radius 1 is 0.240 bits per heavy atom. The molecule has 75 heavy (non-hydrogen) atoms. The van der Waals surface area contributed by atoms with Gasteiger partial charge in [0.05, 0.1) is 0 Å². The van der Waals surface area contributed by atoms with Crippen LogP contribution < -0.4 is 13.7 Å². The number of hydrogen-bond acceptors (Lipinski definition) is 0. The third-order valence-electron chi connectivity index (χ3n) is 15.0. The van der Waals surface area contributed by atoms with E-state index >= 15 is 0 Å². The Morgan fingerprint density at radius 3 is 0.720 bits per heavy atom. The lowest BCUT2D eigenvalue weighted by Gasteiger charge is -2.11. The topological polar surface area (TPSA) is 11.6 Å². The highest BCUT2D eigenvalue weighted by Gasteiger charge is 2.12. The number of hydrogen-bond donors (Lipinski definition) is 0. The van der Waals surface area contributed by atoms with Crippen LogP contribution >= 0.6 is 47.8 Å². The predicted molar refractivity (Wildman–Crippen MR) is 332 cm³/mol. The minimum Gasteiger partial charge on any atom is -0.198 e. The summed E-state index contributed by atoms with van der Waals surface area (Å²) < 4.78 is 7.27. The van der Waals surface area contributed by atoms with Gasteiger partial charge in [-0.3, -0.25) is 0 Å². The molecule has 3 nitrogen and oxygen atoms in total. The molecule has 3 heterocycles. The van der Waals surface area contributed by atoms with E-state index in [0.717, 1.165) is 35.6 Å². The van der Waals surface area contributed by atoms with Crippen molar-refractivity contribution in [2.75, 3.05) is 16.0 Å². The molecule has 0 N–H and O–H groups in total. The van der Waals surface area contributed by atoms with E-state index < -0.39 is 0 Å². The second-order valence-corrected chi connectivity index (χ2v) is 23.4. The van der Waals surface area contributed by atoms with Gasteiger partial charge in [0, 0.05) is 87.8 Å².